The van der Waals surface area contributed by atoms with Crippen molar-refractivity contribution in [1.29, 1.82) is 0 Å². The normalized spacial score (nSPS) is 14.8. The van der Waals surface area contributed by atoms with Gasteiger partial charge in [0.1, 0.15) is 5.75 Å². The van der Waals surface area contributed by atoms with Crippen LogP contribution in [0.3, 0.4) is 0 Å². The first-order valence-corrected chi connectivity index (χ1v) is 5.07. The van der Waals surface area contributed by atoms with E-state index in [0.717, 1.165) is 0 Å². The molecule has 0 amide bonds. The SMILES string of the molecule is NC(CCO)C(O)c1ccc(O)c(CO)c1. The van der Waals surface area contributed by atoms with Gasteiger partial charge in [0.15, 0.2) is 0 Å². The maximum absolute atomic E-state index is 9.83. The van der Waals surface area contributed by atoms with Crippen LogP contribution in [0, 0.1) is 0 Å². The summed E-state index contributed by atoms with van der Waals surface area (Å²) in [6.45, 7) is -0.398. The number of nitrogens with two attached hydrogens (primary N) is 1. The summed E-state index contributed by atoms with van der Waals surface area (Å²) >= 11 is 0. The quantitative estimate of drug-likeness (QED) is 0.471. The van der Waals surface area contributed by atoms with Gasteiger partial charge in [-0.1, -0.05) is 6.07 Å². The second-order valence-corrected chi connectivity index (χ2v) is 3.67. The fourth-order valence-electron chi connectivity index (χ4n) is 1.47. The molecule has 0 aliphatic rings. The lowest BCUT2D eigenvalue weighted by atomic mass is 9.98. The topological polar surface area (TPSA) is 107 Å². The Morgan fingerprint density at radius 1 is 1.25 bits per heavy atom. The number of hydrogen-bond donors (Lipinski definition) is 5. The van der Waals surface area contributed by atoms with Gasteiger partial charge >= 0.3 is 0 Å². The zero-order chi connectivity index (χ0) is 12.1. The highest BCUT2D eigenvalue weighted by Gasteiger charge is 2.17. The Morgan fingerprint density at radius 2 is 1.94 bits per heavy atom. The fourth-order valence-corrected chi connectivity index (χ4v) is 1.47. The summed E-state index contributed by atoms with van der Waals surface area (Å²) in [6.07, 6.45) is -0.630. The average Bonchev–Trinajstić information content (AvgIpc) is 2.29. The van der Waals surface area contributed by atoms with Crippen LogP contribution in [-0.4, -0.2) is 33.1 Å². The van der Waals surface area contributed by atoms with Crippen molar-refractivity contribution >= 4 is 0 Å². The molecule has 5 heteroatoms. The van der Waals surface area contributed by atoms with E-state index < -0.39 is 12.1 Å². The van der Waals surface area contributed by atoms with Gasteiger partial charge < -0.3 is 26.2 Å². The van der Waals surface area contributed by atoms with E-state index in [-0.39, 0.29) is 25.4 Å². The summed E-state index contributed by atoms with van der Waals surface area (Å²) in [5.74, 6) is -0.0193. The van der Waals surface area contributed by atoms with Crippen LogP contribution in [0.5, 0.6) is 5.75 Å². The summed E-state index contributed by atoms with van der Waals surface area (Å²) in [5, 5.41) is 36.8. The second kappa shape index (κ2) is 5.81. The lowest BCUT2D eigenvalue weighted by molar-refractivity contribution is 0.129. The van der Waals surface area contributed by atoms with E-state index in [1.165, 1.54) is 18.2 Å². The highest BCUT2D eigenvalue weighted by atomic mass is 16.3. The number of aromatic hydroxyl groups is 1. The molecule has 1 aromatic carbocycles. The van der Waals surface area contributed by atoms with E-state index >= 15 is 0 Å². The van der Waals surface area contributed by atoms with Crippen molar-refractivity contribution in [3.05, 3.63) is 29.3 Å². The first-order valence-electron chi connectivity index (χ1n) is 5.07. The number of aliphatic hydroxyl groups excluding tert-OH is 3. The standard InChI is InChI=1S/C11H17NO4/c12-9(3-4-13)11(16)7-1-2-10(15)8(5-7)6-14/h1-2,5,9,11,13-16H,3-4,6,12H2. The van der Waals surface area contributed by atoms with Crippen LogP contribution in [0.4, 0.5) is 0 Å². The van der Waals surface area contributed by atoms with Crippen molar-refractivity contribution in [1.82, 2.24) is 0 Å². The molecule has 0 aromatic heterocycles. The zero-order valence-electron chi connectivity index (χ0n) is 8.87. The molecule has 1 aromatic rings. The Labute approximate surface area is 93.8 Å². The molecule has 0 saturated carbocycles. The first-order chi connectivity index (χ1) is 7.60. The molecule has 90 valence electrons. The van der Waals surface area contributed by atoms with Gasteiger partial charge in [0.25, 0.3) is 0 Å². The van der Waals surface area contributed by atoms with Crippen LogP contribution in [0.1, 0.15) is 23.7 Å². The molecule has 0 fully saturated rings. The predicted molar refractivity (Wildman–Crippen MR) is 58.7 cm³/mol. The molecule has 2 atom stereocenters. The molecule has 0 bridgehead atoms. The van der Waals surface area contributed by atoms with Gasteiger partial charge in [-0.25, -0.2) is 0 Å². The summed E-state index contributed by atoms with van der Waals surface area (Å²) < 4.78 is 0. The number of hydrogen-bond acceptors (Lipinski definition) is 5. The molecule has 0 heterocycles. The zero-order valence-corrected chi connectivity index (χ0v) is 8.87. The second-order valence-electron chi connectivity index (χ2n) is 3.67. The van der Waals surface area contributed by atoms with Gasteiger partial charge in [-0.3, -0.25) is 0 Å². The lowest BCUT2D eigenvalue weighted by Crippen LogP contribution is -2.29. The molecule has 0 aliphatic heterocycles. The maximum atomic E-state index is 9.83. The summed E-state index contributed by atoms with van der Waals surface area (Å²) in [4.78, 5) is 0. The van der Waals surface area contributed by atoms with Crippen LogP contribution in [0.15, 0.2) is 18.2 Å². The van der Waals surface area contributed by atoms with Gasteiger partial charge in [-0.2, -0.15) is 0 Å². The first kappa shape index (κ1) is 12.9. The molecule has 0 aliphatic carbocycles. The summed E-state index contributed by atoms with van der Waals surface area (Å²) in [5.41, 5.74) is 6.51. The Kier molecular flexibility index (Phi) is 4.70. The van der Waals surface area contributed by atoms with E-state index in [4.69, 9.17) is 15.9 Å². The van der Waals surface area contributed by atoms with Crippen molar-refractivity contribution in [3.63, 3.8) is 0 Å². The minimum atomic E-state index is -0.918. The molecular formula is C11H17NO4. The van der Waals surface area contributed by atoms with Crippen molar-refractivity contribution in [2.24, 2.45) is 5.73 Å². The van der Waals surface area contributed by atoms with Crippen molar-refractivity contribution in [3.8, 4) is 5.75 Å². The predicted octanol–water partition coefficient (Wildman–Crippen LogP) is -0.372. The third kappa shape index (κ3) is 2.93. The van der Waals surface area contributed by atoms with Crippen LogP contribution in [0.2, 0.25) is 0 Å². The third-order valence-electron chi connectivity index (χ3n) is 2.48. The molecule has 1 rings (SSSR count). The number of aliphatic hydroxyl groups is 3. The molecule has 16 heavy (non-hydrogen) atoms. The fraction of sp³-hybridized carbons (Fsp3) is 0.455. The lowest BCUT2D eigenvalue weighted by Gasteiger charge is -2.19. The number of benzene rings is 1. The van der Waals surface area contributed by atoms with Crippen molar-refractivity contribution < 1.29 is 20.4 Å². The summed E-state index contributed by atoms with van der Waals surface area (Å²) in [7, 11) is 0. The minimum Gasteiger partial charge on any atom is -0.508 e. The molecule has 0 spiro atoms. The van der Waals surface area contributed by atoms with E-state index in [0.29, 0.717) is 11.1 Å². The highest BCUT2D eigenvalue weighted by molar-refractivity contribution is 5.36. The van der Waals surface area contributed by atoms with Crippen LogP contribution >= 0.6 is 0 Å². The van der Waals surface area contributed by atoms with Crippen LogP contribution in [-0.2, 0) is 6.61 Å². The Balaban J connectivity index is 2.87. The molecule has 0 saturated heterocycles. The molecule has 6 N–H and O–H groups in total. The Morgan fingerprint density at radius 3 is 2.50 bits per heavy atom. The van der Waals surface area contributed by atoms with E-state index in [9.17, 15) is 10.2 Å². The van der Waals surface area contributed by atoms with Gasteiger partial charge in [-0.15, -0.1) is 0 Å². The van der Waals surface area contributed by atoms with E-state index in [2.05, 4.69) is 0 Å². The Bertz CT molecular complexity index is 343. The van der Waals surface area contributed by atoms with Gasteiger partial charge in [0, 0.05) is 18.2 Å². The largest absolute Gasteiger partial charge is 0.508 e. The molecule has 2 unspecified atom stereocenters. The van der Waals surface area contributed by atoms with Gasteiger partial charge in [0.05, 0.1) is 12.7 Å². The smallest absolute Gasteiger partial charge is 0.121 e. The average molecular weight is 227 g/mol. The van der Waals surface area contributed by atoms with E-state index in [1.807, 2.05) is 0 Å². The Hall–Kier alpha value is -1.14. The third-order valence-corrected chi connectivity index (χ3v) is 2.48. The van der Waals surface area contributed by atoms with Crippen molar-refractivity contribution in [2.45, 2.75) is 25.2 Å². The van der Waals surface area contributed by atoms with Crippen LogP contribution < -0.4 is 5.73 Å². The number of phenols is 1. The summed E-state index contributed by atoms with van der Waals surface area (Å²) in [6, 6.07) is 3.87. The molecule has 0 radical (unpaired) electrons. The maximum Gasteiger partial charge on any atom is 0.121 e. The highest BCUT2D eigenvalue weighted by Crippen LogP contribution is 2.24. The molecular weight excluding hydrogens is 210 g/mol. The van der Waals surface area contributed by atoms with Gasteiger partial charge in [0.2, 0.25) is 0 Å². The van der Waals surface area contributed by atoms with Gasteiger partial charge in [-0.05, 0) is 24.1 Å². The monoisotopic (exact) mass is 227 g/mol. The van der Waals surface area contributed by atoms with Crippen LogP contribution in [0.25, 0.3) is 0 Å². The minimum absolute atomic E-state index is 0.0193. The number of rotatable bonds is 5. The van der Waals surface area contributed by atoms with Crippen molar-refractivity contribution in [2.75, 3.05) is 6.61 Å². The van der Waals surface area contributed by atoms with E-state index in [1.54, 1.807) is 0 Å². The molecule has 5 nitrogen and oxygen atoms in total.